The Hall–Kier alpha value is -1.88. The molecule has 0 aromatic heterocycles. The van der Waals surface area contributed by atoms with Crippen molar-refractivity contribution < 1.29 is 14.3 Å². The Balaban J connectivity index is 1.79. The van der Waals surface area contributed by atoms with Gasteiger partial charge < -0.3 is 15.4 Å². The van der Waals surface area contributed by atoms with E-state index in [1.807, 2.05) is 30.3 Å². The summed E-state index contributed by atoms with van der Waals surface area (Å²) in [6, 6.07) is 8.96. The van der Waals surface area contributed by atoms with E-state index in [2.05, 4.69) is 0 Å². The van der Waals surface area contributed by atoms with Crippen LogP contribution in [0, 0.1) is 0 Å². The molecule has 0 spiro atoms. The maximum absolute atomic E-state index is 11.7. The van der Waals surface area contributed by atoms with Crippen LogP contribution in [0.2, 0.25) is 0 Å². The van der Waals surface area contributed by atoms with Crippen molar-refractivity contribution in [3.8, 4) is 0 Å². The zero-order valence-electron chi connectivity index (χ0n) is 10.7. The van der Waals surface area contributed by atoms with Crippen LogP contribution in [0.1, 0.15) is 18.4 Å². The van der Waals surface area contributed by atoms with Crippen molar-refractivity contribution in [3.63, 3.8) is 0 Å². The summed E-state index contributed by atoms with van der Waals surface area (Å²) in [5.41, 5.74) is 6.59. The fourth-order valence-electron chi connectivity index (χ4n) is 2.07. The molecule has 0 radical (unpaired) electrons. The molecule has 102 valence electrons. The van der Waals surface area contributed by atoms with Crippen molar-refractivity contribution in [2.45, 2.75) is 25.5 Å². The molecular formula is C14H18N2O3. The minimum absolute atomic E-state index is 0.0145. The first-order chi connectivity index (χ1) is 9.16. The molecule has 5 nitrogen and oxygen atoms in total. The molecule has 1 atom stereocenters. The Labute approximate surface area is 112 Å². The lowest BCUT2D eigenvalue weighted by atomic mass is 10.1. The Morgan fingerprint density at radius 2 is 2.11 bits per heavy atom. The predicted molar refractivity (Wildman–Crippen MR) is 70.0 cm³/mol. The summed E-state index contributed by atoms with van der Waals surface area (Å²) < 4.78 is 5.14. The summed E-state index contributed by atoms with van der Waals surface area (Å²) in [6.07, 6.45) is 1.52. The van der Waals surface area contributed by atoms with E-state index in [1.54, 1.807) is 0 Å². The van der Waals surface area contributed by atoms with Crippen LogP contribution in [-0.2, 0) is 20.9 Å². The van der Waals surface area contributed by atoms with Crippen molar-refractivity contribution in [2.75, 3.05) is 13.1 Å². The molecule has 1 aromatic rings. The van der Waals surface area contributed by atoms with Gasteiger partial charge in [0, 0.05) is 6.54 Å². The molecule has 1 fully saturated rings. The highest BCUT2D eigenvalue weighted by Crippen LogP contribution is 2.10. The van der Waals surface area contributed by atoms with Crippen molar-refractivity contribution in [1.82, 2.24) is 4.90 Å². The number of nitrogens with two attached hydrogens (primary N) is 1. The summed E-state index contributed by atoms with van der Waals surface area (Å²) in [6.45, 7) is 0.792. The predicted octanol–water partition coefficient (Wildman–Crippen LogP) is 0.679. The zero-order chi connectivity index (χ0) is 13.7. The van der Waals surface area contributed by atoms with Crippen LogP contribution in [0.5, 0.6) is 0 Å². The lowest BCUT2D eigenvalue weighted by molar-refractivity contribution is -0.151. The monoisotopic (exact) mass is 262 g/mol. The SMILES string of the molecule is N[C@@H]1CCCN(CC(=O)OCc2ccccc2)C1=O. The Morgan fingerprint density at radius 3 is 2.84 bits per heavy atom. The van der Waals surface area contributed by atoms with Gasteiger partial charge in [-0.1, -0.05) is 30.3 Å². The first kappa shape index (κ1) is 13.5. The summed E-state index contributed by atoms with van der Waals surface area (Å²) in [5, 5.41) is 0. The fraction of sp³-hybridized carbons (Fsp3) is 0.429. The maximum atomic E-state index is 11.7. The quantitative estimate of drug-likeness (QED) is 0.810. The highest BCUT2D eigenvalue weighted by atomic mass is 16.5. The van der Waals surface area contributed by atoms with Gasteiger partial charge in [0.25, 0.3) is 0 Å². The molecule has 19 heavy (non-hydrogen) atoms. The molecule has 1 saturated heterocycles. The van der Waals surface area contributed by atoms with Crippen LogP contribution in [0.4, 0.5) is 0 Å². The minimum atomic E-state index is -0.476. The number of rotatable bonds is 4. The topological polar surface area (TPSA) is 72.6 Å². The molecule has 0 bridgehead atoms. The van der Waals surface area contributed by atoms with E-state index in [0.717, 1.165) is 12.0 Å². The standard InChI is InChI=1S/C14H18N2O3/c15-12-7-4-8-16(14(12)18)9-13(17)19-10-11-5-2-1-3-6-11/h1-3,5-6,12H,4,7-10,15H2/t12-/m1/s1. The van der Waals surface area contributed by atoms with Gasteiger partial charge >= 0.3 is 5.97 Å². The average Bonchev–Trinajstić information content (AvgIpc) is 2.43. The van der Waals surface area contributed by atoms with Crippen molar-refractivity contribution >= 4 is 11.9 Å². The average molecular weight is 262 g/mol. The number of esters is 1. The van der Waals surface area contributed by atoms with Gasteiger partial charge in [-0.3, -0.25) is 9.59 Å². The summed E-state index contributed by atoms with van der Waals surface area (Å²) in [4.78, 5) is 24.9. The molecule has 2 rings (SSSR count). The molecule has 1 aliphatic heterocycles. The van der Waals surface area contributed by atoms with Crippen molar-refractivity contribution in [1.29, 1.82) is 0 Å². The van der Waals surface area contributed by atoms with Crippen LogP contribution < -0.4 is 5.73 Å². The van der Waals surface area contributed by atoms with Crippen LogP contribution in [-0.4, -0.2) is 35.9 Å². The number of carbonyl (C=O) groups is 2. The van der Waals surface area contributed by atoms with Gasteiger partial charge in [-0.15, -0.1) is 0 Å². The number of hydrogen-bond donors (Lipinski definition) is 1. The van der Waals surface area contributed by atoms with Gasteiger partial charge in [-0.2, -0.15) is 0 Å². The molecule has 1 aliphatic rings. The van der Waals surface area contributed by atoms with E-state index in [1.165, 1.54) is 4.90 Å². The molecule has 0 saturated carbocycles. The van der Waals surface area contributed by atoms with E-state index >= 15 is 0 Å². The molecule has 0 aliphatic carbocycles. The van der Waals surface area contributed by atoms with Gasteiger partial charge in [-0.25, -0.2) is 0 Å². The second kappa shape index (κ2) is 6.33. The number of nitrogens with zero attached hydrogens (tertiary/aromatic N) is 1. The van der Waals surface area contributed by atoms with Crippen LogP contribution in [0.3, 0.4) is 0 Å². The second-order valence-corrected chi connectivity index (χ2v) is 4.65. The number of amides is 1. The van der Waals surface area contributed by atoms with E-state index in [-0.39, 0.29) is 19.1 Å². The summed E-state index contributed by atoms with van der Waals surface area (Å²) in [5.74, 6) is -0.561. The number of likely N-dealkylation sites (tertiary alicyclic amines) is 1. The molecule has 5 heteroatoms. The third-order valence-corrected chi connectivity index (χ3v) is 3.13. The second-order valence-electron chi connectivity index (χ2n) is 4.65. The lowest BCUT2D eigenvalue weighted by Gasteiger charge is -2.29. The summed E-state index contributed by atoms with van der Waals surface area (Å²) >= 11 is 0. The molecular weight excluding hydrogens is 244 g/mol. The van der Waals surface area contributed by atoms with Gasteiger partial charge in [0.05, 0.1) is 6.04 Å². The molecule has 2 N–H and O–H groups in total. The third kappa shape index (κ3) is 3.79. The van der Waals surface area contributed by atoms with Crippen molar-refractivity contribution in [3.05, 3.63) is 35.9 Å². The zero-order valence-corrected chi connectivity index (χ0v) is 10.7. The Bertz CT molecular complexity index is 447. The third-order valence-electron chi connectivity index (χ3n) is 3.13. The van der Waals surface area contributed by atoms with E-state index in [9.17, 15) is 9.59 Å². The number of piperidine rings is 1. The first-order valence-corrected chi connectivity index (χ1v) is 6.41. The fourth-order valence-corrected chi connectivity index (χ4v) is 2.07. The molecule has 0 unspecified atom stereocenters. The lowest BCUT2D eigenvalue weighted by Crippen LogP contribution is -2.50. The largest absolute Gasteiger partial charge is 0.459 e. The molecule has 1 aromatic carbocycles. The number of ether oxygens (including phenoxy) is 1. The first-order valence-electron chi connectivity index (χ1n) is 6.41. The highest BCUT2D eigenvalue weighted by Gasteiger charge is 2.27. The van der Waals surface area contributed by atoms with Crippen LogP contribution >= 0.6 is 0 Å². The summed E-state index contributed by atoms with van der Waals surface area (Å²) in [7, 11) is 0. The Morgan fingerprint density at radius 1 is 1.37 bits per heavy atom. The molecule has 1 amide bonds. The van der Waals surface area contributed by atoms with Gasteiger partial charge in [0.1, 0.15) is 13.2 Å². The van der Waals surface area contributed by atoms with Gasteiger partial charge in [0.2, 0.25) is 5.91 Å². The normalized spacial score (nSPS) is 19.3. The number of hydrogen-bond acceptors (Lipinski definition) is 4. The van der Waals surface area contributed by atoms with E-state index in [0.29, 0.717) is 13.0 Å². The molecule has 1 heterocycles. The number of carbonyl (C=O) groups excluding carboxylic acids is 2. The smallest absolute Gasteiger partial charge is 0.325 e. The van der Waals surface area contributed by atoms with Gasteiger partial charge in [0.15, 0.2) is 0 Å². The maximum Gasteiger partial charge on any atom is 0.325 e. The Kier molecular flexibility index (Phi) is 4.52. The van der Waals surface area contributed by atoms with Crippen molar-refractivity contribution in [2.24, 2.45) is 5.73 Å². The highest BCUT2D eigenvalue weighted by molar-refractivity contribution is 5.86. The van der Waals surface area contributed by atoms with Gasteiger partial charge in [-0.05, 0) is 18.4 Å². The number of benzene rings is 1. The van der Waals surface area contributed by atoms with Crippen LogP contribution in [0.25, 0.3) is 0 Å². The van der Waals surface area contributed by atoms with Crippen LogP contribution in [0.15, 0.2) is 30.3 Å². The van der Waals surface area contributed by atoms with E-state index < -0.39 is 12.0 Å². The minimum Gasteiger partial charge on any atom is -0.459 e. The van der Waals surface area contributed by atoms with E-state index in [4.69, 9.17) is 10.5 Å².